The predicted molar refractivity (Wildman–Crippen MR) is 51.7 cm³/mol. The highest BCUT2D eigenvalue weighted by Crippen LogP contribution is 2.41. The van der Waals surface area contributed by atoms with Crippen LogP contribution < -0.4 is 0 Å². The summed E-state index contributed by atoms with van der Waals surface area (Å²) < 4.78 is 37.9. The molecule has 1 aromatic rings. The lowest BCUT2D eigenvalue weighted by atomic mass is 9.90. The number of alkyl halides is 3. The van der Waals surface area contributed by atoms with Crippen molar-refractivity contribution in [2.24, 2.45) is 0 Å². The Morgan fingerprint density at radius 1 is 1.33 bits per heavy atom. The van der Waals surface area contributed by atoms with E-state index in [1.165, 1.54) is 25.1 Å². The van der Waals surface area contributed by atoms with Crippen molar-refractivity contribution in [2.45, 2.75) is 25.1 Å². The van der Waals surface area contributed by atoms with Gasteiger partial charge in [0.2, 0.25) is 0 Å². The highest BCUT2D eigenvalue weighted by atomic mass is 35.5. The summed E-state index contributed by atoms with van der Waals surface area (Å²) in [6.07, 6.45) is -5.15. The van der Waals surface area contributed by atoms with E-state index in [1.807, 2.05) is 0 Å². The number of halogens is 4. The van der Waals surface area contributed by atoms with Crippen molar-refractivity contribution in [2.75, 3.05) is 0 Å². The minimum absolute atomic E-state index is 0.170. The van der Waals surface area contributed by atoms with Crippen LogP contribution in [0.15, 0.2) is 24.3 Å². The molecule has 0 spiro atoms. The van der Waals surface area contributed by atoms with Gasteiger partial charge in [0.1, 0.15) is 0 Å². The number of aliphatic hydroxyl groups is 1. The number of hydrogen-bond donors (Lipinski definition) is 1. The van der Waals surface area contributed by atoms with Gasteiger partial charge in [0.15, 0.2) is 5.60 Å². The summed E-state index contributed by atoms with van der Waals surface area (Å²) >= 11 is 5.58. The second kappa shape index (κ2) is 4.02. The van der Waals surface area contributed by atoms with Gasteiger partial charge in [-0.25, -0.2) is 0 Å². The van der Waals surface area contributed by atoms with Crippen LogP contribution in [0.1, 0.15) is 18.9 Å². The van der Waals surface area contributed by atoms with E-state index in [9.17, 15) is 18.3 Å². The molecule has 0 heterocycles. The summed E-state index contributed by atoms with van der Waals surface area (Å²) in [5, 5.41) is 9.74. The van der Waals surface area contributed by atoms with Crippen LogP contribution >= 0.6 is 11.6 Å². The van der Waals surface area contributed by atoms with Crippen molar-refractivity contribution in [3.8, 4) is 0 Å². The van der Waals surface area contributed by atoms with Crippen molar-refractivity contribution >= 4 is 11.6 Å². The van der Waals surface area contributed by atoms with Crippen LogP contribution in [0.3, 0.4) is 0 Å². The summed E-state index contributed by atoms with van der Waals surface area (Å²) in [6.45, 7) is 1.27. The van der Waals surface area contributed by atoms with Crippen molar-refractivity contribution in [3.05, 3.63) is 34.9 Å². The molecule has 1 N–H and O–H groups in total. The van der Waals surface area contributed by atoms with Crippen LogP contribution in [0.5, 0.6) is 0 Å². The fourth-order valence-corrected chi connectivity index (χ4v) is 1.50. The van der Waals surface area contributed by atoms with Gasteiger partial charge in [-0.2, -0.15) is 13.2 Å². The molecule has 0 saturated carbocycles. The van der Waals surface area contributed by atoms with E-state index < -0.39 is 18.2 Å². The molecular formula is C10H10ClF3O. The van der Waals surface area contributed by atoms with Crippen LogP contribution in [-0.4, -0.2) is 11.3 Å². The Balaban J connectivity index is 3.23. The fourth-order valence-electron chi connectivity index (χ4n) is 1.31. The first kappa shape index (κ1) is 12.3. The average molecular weight is 239 g/mol. The third-order valence-corrected chi connectivity index (χ3v) is 2.52. The van der Waals surface area contributed by atoms with Crippen LogP contribution in [0.2, 0.25) is 5.02 Å². The summed E-state index contributed by atoms with van der Waals surface area (Å²) in [4.78, 5) is 0. The zero-order valence-electron chi connectivity index (χ0n) is 7.98. The number of benzene rings is 1. The minimum atomic E-state index is -4.70. The topological polar surface area (TPSA) is 20.2 Å². The maximum absolute atomic E-state index is 12.6. The first-order valence-electron chi connectivity index (χ1n) is 4.36. The molecule has 15 heavy (non-hydrogen) atoms. The molecular weight excluding hydrogens is 229 g/mol. The average Bonchev–Trinajstić information content (AvgIpc) is 2.14. The first-order valence-corrected chi connectivity index (χ1v) is 4.74. The standard InChI is InChI=1S/C10H10ClF3O/c1-2-9(15,10(12,13)14)7-4-3-5-8(11)6-7/h3-6,15H,2H2,1H3. The van der Waals surface area contributed by atoms with E-state index in [0.29, 0.717) is 0 Å². The molecule has 1 atom stereocenters. The Morgan fingerprint density at radius 2 is 1.93 bits per heavy atom. The molecule has 0 fully saturated rings. The summed E-state index contributed by atoms with van der Waals surface area (Å²) in [7, 11) is 0. The highest BCUT2D eigenvalue weighted by Gasteiger charge is 2.53. The van der Waals surface area contributed by atoms with E-state index in [-0.39, 0.29) is 10.6 Å². The van der Waals surface area contributed by atoms with Crippen molar-refractivity contribution in [3.63, 3.8) is 0 Å². The van der Waals surface area contributed by atoms with Crippen LogP contribution in [-0.2, 0) is 5.60 Å². The fraction of sp³-hybridized carbons (Fsp3) is 0.400. The van der Waals surface area contributed by atoms with Crippen molar-refractivity contribution in [1.82, 2.24) is 0 Å². The zero-order chi connectivity index (χ0) is 11.7. The lowest BCUT2D eigenvalue weighted by Gasteiger charge is -2.29. The van der Waals surface area contributed by atoms with E-state index in [2.05, 4.69) is 0 Å². The van der Waals surface area contributed by atoms with E-state index in [1.54, 1.807) is 0 Å². The smallest absolute Gasteiger partial charge is 0.376 e. The van der Waals surface area contributed by atoms with Crippen LogP contribution in [0.4, 0.5) is 13.2 Å². The monoisotopic (exact) mass is 238 g/mol. The molecule has 0 bridgehead atoms. The Bertz CT molecular complexity index is 351. The van der Waals surface area contributed by atoms with Gasteiger partial charge in [0.05, 0.1) is 0 Å². The van der Waals surface area contributed by atoms with E-state index in [4.69, 9.17) is 11.6 Å². The minimum Gasteiger partial charge on any atom is -0.376 e. The molecule has 0 amide bonds. The lowest BCUT2D eigenvalue weighted by Crippen LogP contribution is -2.41. The summed E-state index contributed by atoms with van der Waals surface area (Å²) in [5.74, 6) is 0. The predicted octanol–water partition coefficient (Wildman–Crippen LogP) is 3.50. The van der Waals surface area contributed by atoms with Crippen molar-refractivity contribution in [1.29, 1.82) is 0 Å². The Morgan fingerprint density at radius 3 is 2.33 bits per heavy atom. The third-order valence-electron chi connectivity index (χ3n) is 2.28. The molecule has 84 valence electrons. The normalized spacial score (nSPS) is 16.1. The van der Waals surface area contributed by atoms with Gasteiger partial charge >= 0.3 is 6.18 Å². The maximum Gasteiger partial charge on any atom is 0.421 e. The first-order chi connectivity index (χ1) is 6.81. The van der Waals surface area contributed by atoms with E-state index in [0.717, 1.165) is 6.07 Å². The molecule has 0 aliphatic heterocycles. The Labute approximate surface area is 90.5 Å². The molecule has 0 aliphatic carbocycles. The molecule has 1 aromatic carbocycles. The quantitative estimate of drug-likeness (QED) is 0.836. The van der Waals surface area contributed by atoms with Gasteiger partial charge in [-0.05, 0) is 24.1 Å². The highest BCUT2D eigenvalue weighted by molar-refractivity contribution is 6.30. The second-order valence-electron chi connectivity index (χ2n) is 3.22. The molecule has 0 aromatic heterocycles. The number of hydrogen-bond acceptors (Lipinski definition) is 1. The van der Waals surface area contributed by atoms with Gasteiger partial charge in [-0.3, -0.25) is 0 Å². The summed E-state index contributed by atoms with van der Waals surface area (Å²) in [5.41, 5.74) is -3.05. The third kappa shape index (κ3) is 2.26. The van der Waals surface area contributed by atoms with Gasteiger partial charge in [-0.15, -0.1) is 0 Å². The Kier molecular flexibility index (Phi) is 3.31. The van der Waals surface area contributed by atoms with Gasteiger partial charge in [0, 0.05) is 5.02 Å². The van der Waals surface area contributed by atoms with Crippen LogP contribution in [0, 0.1) is 0 Å². The second-order valence-corrected chi connectivity index (χ2v) is 3.66. The van der Waals surface area contributed by atoms with Gasteiger partial charge < -0.3 is 5.11 Å². The maximum atomic E-state index is 12.6. The molecule has 0 aliphatic rings. The molecule has 1 nitrogen and oxygen atoms in total. The molecule has 0 saturated heterocycles. The molecule has 5 heteroatoms. The lowest BCUT2D eigenvalue weighted by molar-refractivity contribution is -0.267. The van der Waals surface area contributed by atoms with Gasteiger partial charge in [-0.1, -0.05) is 30.7 Å². The zero-order valence-corrected chi connectivity index (χ0v) is 8.73. The molecule has 1 rings (SSSR count). The molecule has 1 unspecified atom stereocenters. The largest absolute Gasteiger partial charge is 0.421 e. The van der Waals surface area contributed by atoms with E-state index >= 15 is 0 Å². The van der Waals surface area contributed by atoms with Crippen molar-refractivity contribution < 1.29 is 18.3 Å². The molecule has 0 radical (unpaired) electrons. The number of rotatable bonds is 2. The summed E-state index contributed by atoms with van der Waals surface area (Å²) in [6, 6.07) is 5.17. The Hall–Kier alpha value is -0.740. The SMILES string of the molecule is CCC(O)(c1cccc(Cl)c1)C(F)(F)F. The van der Waals surface area contributed by atoms with Gasteiger partial charge in [0.25, 0.3) is 0 Å². The van der Waals surface area contributed by atoms with Crippen LogP contribution in [0.25, 0.3) is 0 Å².